The van der Waals surface area contributed by atoms with Gasteiger partial charge in [-0.25, -0.2) is 4.98 Å². The molecule has 2 heterocycles. The molecule has 18 heavy (non-hydrogen) atoms. The Kier molecular flexibility index (Phi) is 2.41. The van der Waals surface area contributed by atoms with E-state index in [-0.39, 0.29) is 11.5 Å². The first-order valence-electron chi connectivity index (χ1n) is 5.23. The molecule has 2 aromatic heterocycles. The van der Waals surface area contributed by atoms with Gasteiger partial charge in [0.25, 0.3) is 5.56 Å². The summed E-state index contributed by atoms with van der Waals surface area (Å²) in [7, 11) is 0. The summed E-state index contributed by atoms with van der Waals surface area (Å²) < 4.78 is 0. The van der Waals surface area contributed by atoms with Gasteiger partial charge in [-0.1, -0.05) is 18.2 Å². The van der Waals surface area contributed by atoms with Gasteiger partial charge in [-0.15, -0.1) is 10.2 Å². The van der Waals surface area contributed by atoms with E-state index in [1.807, 2.05) is 30.3 Å². The monoisotopic (exact) mass is 240 g/mol. The second-order valence-electron chi connectivity index (χ2n) is 3.53. The number of hydrogen-bond donors (Lipinski definition) is 2. The van der Waals surface area contributed by atoms with Crippen LogP contribution in [0.1, 0.15) is 0 Å². The molecule has 3 aromatic rings. The molecule has 0 aliphatic rings. The Bertz CT molecular complexity index is 758. The van der Waals surface area contributed by atoms with Crippen LogP contribution in [0.4, 0.5) is 11.6 Å². The van der Waals surface area contributed by atoms with Crippen molar-refractivity contribution in [1.82, 2.24) is 19.9 Å². The van der Waals surface area contributed by atoms with Gasteiger partial charge < -0.3 is 9.97 Å². The number of imidazole rings is 1. The molecule has 0 saturated heterocycles. The van der Waals surface area contributed by atoms with Crippen LogP contribution >= 0.6 is 0 Å². The number of nitrogens with zero attached hydrogens (tertiary/aromatic N) is 4. The highest BCUT2D eigenvalue weighted by atomic mass is 16.1. The van der Waals surface area contributed by atoms with E-state index in [0.717, 1.165) is 0 Å². The molecule has 7 heteroatoms. The van der Waals surface area contributed by atoms with Crippen LogP contribution in [0.5, 0.6) is 0 Å². The van der Waals surface area contributed by atoms with Gasteiger partial charge in [-0.2, -0.15) is 4.98 Å². The predicted molar refractivity (Wildman–Crippen MR) is 65.1 cm³/mol. The van der Waals surface area contributed by atoms with Crippen LogP contribution in [-0.2, 0) is 0 Å². The molecule has 0 aliphatic heterocycles. The van der Waals surface area contributed by atoms with Gasteiger partial charge >= 0.3 is 0 Å². The van der Waals surface area contributed by atoms with Crippen molar-refractivity contribution < 1.29 is 0 Å². The van der Waals surface area contributed by atoms with Crippen LogP contribution in [0.3, 0.4) is 0 Å². The van der Waals surface area contributed by atoms with Crippen molar-refractivity contribution in [1.29, 1.82) is 0 Å². The van der Waals surface area contributed by atoms with E-state index in [9.17, 15) is 4.79 Å². The molecule has 0 unspecified atom stereocenters. The molecular formula is C11H8N6O. The second kappa shape index (κ2) is 4.21. The van der Waals surface area contributed by atoms with E-state index in [0.29, 0.717) is 16.9 Å². The fourth-order valence-electron chi connectivity index (χ4n) is 1.47. The second-order valence-corrected chi connectivity index (χ2v) is 3.53. The Balaban J connectivity index is 1.99. The highest BCUT2D eigenvalue weighted by Crippen LogP contribution is 2.16. The molecule has 0 amide bonds. The minimum atomic E-state index is -0.284. The van der Waals surface area contributed by atoms with E-state index < -0.39 is 0 Å². The summed E-state index contributed by atoms with van der Waals surface area (Å²) in [4.78, 5) is 24.6. The zero-order valence-corrected chi connectivity index (χ0v) is 9.16. The molecule has 88 valence electrons. The number of rotatable bonds is 2. The van der Waals surface area contributed by atoms with Crippen molar-refractivity contribution >= 4 is 22.8 Å². The van der Waals surface area contributed by atoms with Crippen molar-refractivity contribution in [3.05, 3.63) is 47.0 Å². The van der Waals surface area contributed by atoms with Gasteiger partial charge in [0.15, 0.2) is 11.2 Å². The summed E-state index contributed by atoms with van der Waals surface area (Å²) in [5.41, 5.74) is 1.04. The van der Waals surface area contributed by atoms with E-state index in [1.54, 1.807) is 0 Å². The van der Waals surface area contributed by atoms with Crippen LogP contribution in [0.2, 0.25) is 0 Å². The average Bonchev–Trinajstić information content (AvgIpc) is 2.82. The van der Waals surface area contributed by atoms with Crippen molar-refractivity contribution in [3.8, 4) is 0 Å². The fraction of sp³-hybridized carbons (Fsp3) is 0. The lowest BCUT2D eigenvalue weighted by Crippen LogP contribution is -2.05. The normalized spacial score (nSPS) is 11.3. The smallest absolute Gasteiger partial charge is 0.276 e. The van der Waals surface area contributed by atoms with E-state index >= 15 is 0 Å². The summed E-state index contributed by atoms with van der Waals surface area (Å²) in [5, 5.41) is 7.91. The molecule has 3 rings (SSSR count). The average molecular weight is 240 g/mol. The van der Waals surface area contributed by atoms with Gasteiger partial charge in [0.1, 0.15) is 0 Å². The zero-order valence-electron chi connectivity index (χ0n) is 9.16. The number of aromatic nitrogens is 4. The number of azo groups is 1. The lowest BCUT2D eigenvalue weighted by molar-refractivity contribution is 1.13. The summed E-state index contributed by atoms with van der Waals surface area (Å²) in [5.74, 6) is 0.248. The minimum Gasteiger partial charge on any atom is -0.315 e. The molecule has 0 spiro atoms. The van der Waals surface area contributed by atoms with Gasteiger partial charge in [0.05, 0.1) is 12.0 Å². The highest BCUT2D eigenvalue weighted by molar-refractivity contribution is 5.70. The lowest BCUT2D eigenvalue weighted by atomic mass is 10.3. The fourth-order valence-corrected chi connectivity index (χ4v) is 1.47. The Morgan fingerprint density at radius 3 is 2.72 bits per heavy atom. The third-order valence-corrected chi connectivity index (χ3v) is 2.30. The van der Waals surface area contributed by atoms with Crippen LogP contribution < -0.4 is 5.56 Å². The van der Waals surface area contributed by atoms with Crippen molar-refractivity contribution in [3.63, 3.8) is 0 Å². The van der Waals surface area contributed by atoms with Crippen molar-refractivity contribution in [2.24, 2.45) is 10.2 Å². The van der Waals surface area contributed by atoms with Gasteiger partial charge in [0, 0.05) is 0 Å². The molecule has 1 aromatic carbocycles. The maximum atomic E-state index is 11.4. The Morgan fingerprint density at radius 2 is 1.94 bits per heavy atom. The Hall–Kier alpha value is -2.83. The Morgan fingerprint density at radius 1 is 1.11 bits per heavy atom. The number of hydrogen-bond acceptors (Lipinski definition) is 5. The molecule has 0 fully saturated rings. The first-order chi connectivity index (χ1) is 8.83. The summed E-state index contributed by atoms with van der Waals surface area (Å²) >= 11 is 0. The van der Waals surface area contributed by atoms with Crippen LogP contribution in [-0.4, -0.2) is 19.9 Å². The molecule has 0 bridgehead atoms. The minimum absolute atomic E-state index is 0.248. The number of nitrogens with one attached hydrogen (secondary N) is 2. The number of benzene rings is 1. The van der Waals surface area contributed by atoms with Crippen molar-refractivity contribution in [2.75, 3.05) is 0 Å². The van der Waals surface area contributed by atoms with E-state index in [1.165, 1.54) is 6.33 Å². The number of fused-ring (bicyclic) bond motifs is 1. The molecule has 0 radical (unpaired) electrons. The summed E-state index contributed by atoms with van der Waals surface area (Å²) in [6, 6.07) is 9.25. The number of H-pyrrole nitrogens is 2. The predicted octanol–water partition coefficient (Wildman–Crippen LogP) is 2.06. The van der Waals surface area contributed by atoms with E-state index in [2.05, 4.69) is 30.2 Å². The van der Waals surface area contributed by atoms with Gasteiger partial charge in [-0.05, 0) is 12.1 Å². The van der Waals surface area contributed by atoms with Crippen LogP contribution in [0.15, 0.2) is 51.7 Å². The van der Waals surface area contributed by atoms with Gasteiger partial charge in [-0.3, -0.25) is 4.79 Å². The molecule has 7 nitrogen and oxygen atoms in total. The summed E-state index contributed by atoms with van der Waals surface area (Å²) in [6.07, 6.45) is 1.30. The third-order valence-electron chi connectivity index (χ3n) is 2.30. The summed E-state index contributed by atoms with van der Waals surface area (Å²) in [6.45, 7) is 0. The maximum Gasteiger partial charge on any atom is 0.276 e. The molecule has 0 atom stereocenters. The Labute approximate surface area is 101 Å². The first-order valence-corrected chi connectivity index (χ1v) is 5.23. The molecule has 2 N–H and O–H groups in total. The van der Waals surface area contributed by atoms with E-state index in [4.69, 9.17) is 0 Å². The van der Waals surface area contributed by atoms with Crippen LogP contribution in [0.25, 0.3) is 11.2 Å². The SMILES string of the molecule is O=c1[nH]cnc2nc(N=Nc3ccccc3)[nH]c12. The van der Waals surface area contributed by atoms with Crippen LogP contribution in [0, 0.1) is 0 Å². The lowest BCUT2D eigenvalue weighted by Gasteiger charge is -1.87. The molecule has 0 aliphatic carbocycles. The maximum absolute atomic E-state index is 11.4. The number of aromatic amines is 2. The highest BCUT2D eigenvalue weighted by Gasteiger charge is 2.05. The first kappa shape index (κ1) is 10.3. The molecule has 0 saturated carbocycles. The quantitative estimate of drug-likeness (QED) is 0.670. The van der Waals surface area contributed by atoms with Crippen molar-refractivity contribution in [2.45, 2.75) is 0 Å². The zero-order chi connectivity index (χ0) is 12.4. The molecular weight excluding hydrogens is 232 g/mol. The third kappa shape index (κ3) is 1.88. The van der Waals surface area contributed by atoms with Gasteiger partial charge in [0.2, 0.25) is 5.95 Å². The largest absolute Gasteiger partial charge is 0.315 e. The topological polar surface area (TPSA) is 99.2 Å². The standard InChI is InChI=1S/C11H8N6O/c18-10-8-9(12-6-13-10)15-11(14-8)17-16-7-4-2-1-3-5-7/h1-6H,(H2,12,13,14,15,18).